The molecule has 0 radical (unpaired) electrons. The fraction of sp³-hybridized carbons (Fsp3) is 0.136. The molecule has 0 spiro atoms. The lowest BCUT2D eigenvalue weighted by atomic mass is 10.2. The van der Waals surface area contributed by atoms with E-state index in [1.54, 1.807) is 66.3 Å². The van der Waals surface area contributed by atoms with Gasteiger partial charge < -0.3 is 14.6 Å². The molecule has 0 unspecified atom stereocenters. The van der Waals surface area contributed by atoms with Gasteiger partial charge in [-0.1, -0.05) is 46.0 Å². The van der Waals surface area contributed by atoms with Crippen LogP contribution in [-0.2, 0) is 13.2 Å². The van der Waals surface area contributed by atoms with Crippen molar-refractivity contribution in [2.75, 3.05) is 5.32 Å². The van der Waals surface area contributed by atoms with E-state index < -0.39 is 5.91 Å². The second-order valence-corrected chi connectivity index (χ2v) is 8.11. The highest BCUT2D eigenvalue weighted by molar-refractivity contribution is 6.36. The van der Waals surface area contributed by atoms with Crippen molar-refractivity contribution in [1.82, 2.24) is 14.9 Å². The smallest absolute Gasteiger partial charge is 0.279 e. The number of carbonyl (C=O) groups is 1. The van der Waals surface area contributed by atoms with Crippen molar-refractivity contribution in [1.29, 1.82) is 0 Å². The van der Waals surface area contributed by atoms with Gasteiger partial charge in [-0.15, -0.1) is 0 Å². The van der Waals surface area contributed by atoms with Crippen LogP contribution in [0, 0.1) is 6.92 Å². The third-order valence-corrected chi connectivity index (χ3v) is 5.62. The van der Waals surface area contributed by atoms with Crippen molar-refractivity contribution in [2.45, 2.75) is 20.1 Å². The van der Waals surface area contributed by atoms with E-state index in [0.29, 0.717) is 44.5 Å². The number of halogens is 3. The molecule has 0 saturated carbocycles. The lowest BCUT2D eigenvalue weighted by molar-refractivity contribution is 0.101. The Morgan fingerprint density at radius 3 is 2.50 bits per heavy atom. The normalized spacial score (nSPS) is 10.9. The topological polar surface area (TPSA) is 82.2 Å². The van der Waals surface area contributed by atoms with E-state index >= 15 is 0 Å². The maximum absolute atomic E-state index is 12.8. The van der Waals surface area contributed by atoms with Gasteiger partial charge in [-0.05, 0) is 43.3 Å². The first kappa shape index (κ1) is 22.2. The molecule has 2 aromatic heterocycles. The second-order valence-electron chi connectivity index (χ2n) is 6.86. The molecule has 0 aliphatic heterocycles. The zero-order valence-electron chi connectivity index (χ0n) is 16.8. The molecule has 2 aromatic carbocycles. The molecule has 4 aromatic rings. The number of ether oxygens (including phenoxy) is 1. The highest BCUT2D eigenvalue weighted by Gasteiger charge is 2.21. The Kier molecular flexibility index (Phi) is 6.69. The summed E-state index contributed by atoms with van der Waals surface area (Å²) >= 11 is 18.3. The summed E-state index contributed by atoms with van der Waals surface area (Å²) in [4.78, 5) is 12.8. The summed E-state index contributed by atoms with van der Waals surface area (Å²) in [5, 5.41) is 12.6. The monoisotopic (exact) mass is 490 g/mol. The molecule has 4 rings (SSSR count). The number of aromatic nitrogens is 3. The standard InChI is InChI=1S/C22H17Cl3N4O3/c1-13-17(12-31-15-7-5-14(23)6-8-15)21(28-32-13)22(30)26-20-9-10-29(27-20)11-16-18(24)3-2-4-19(16)25/h2-10H,11-12H2,1H3,(H,26,27,30). The fourth-order valence-electron chi connectivity index (χ4n) is 2.96. The number of carbonyl (C=O) groups excluding carboxylic acids is 1. The third-order valence-electron chi connectivity index (χ3n) is 4.66. The first-order chi connectivity index (χ1) is 15.4. The number of hydrogen-bond acceptors (Lipinski definition) is 5. The summed E-state index contributed by atoms with van der Waals surface area (Å²) in [6.07, 6.45) is 1.72. The van der Waals surface area contributed by atoms with Crippen molar-refractivity contribution in [3.8, 4) is 5.75 Å². The van der Waals surface area contributed by atoms with E-state index in [4.69, 9.17) is 44.1 Å². The predicted octanol–water partition coefficient (Wildman–Crippen LogP) is 6.02. The average molecular weight is 492 g/mol. The summed E-state index contributed by atoms with van der Waals surface area (Å²) in [6, 6.07) is 13.9. The van der Waals surface area contributed by atoms with Crippen LogP contribution in [0.3, 0.4) is 0 Å². The van der Waals surface area contributed by atoms with Crippen molar-refractivity contribution >= 4 is 46.5 Å². The number of benzene rings is 2. The maximum atomic E-state index is 12.8. The highest BCUT2D eigenvalue weighted by atomic mass is 35.5. The summed E-state index contributed by atoms with van der Waals surface area (Å²) in [7, 11) is 0. The van der Waals surface area contributed by atoms with Crippen LogP contribution >= 0.6 is 34.8 Å². The molecule has 10 heteroatoms. The largest absolute Gasteiger partial charge is 0.489 e. The molecule has 1 amide bonds. The van der Waals surface area contributed by atoms with E-state index in [9.17, 15) is 4.79 Å². The number of hydrogen-bond donors (Lipinski definition) is 1. The second kappa shape index (κ2) is 9.65. The van der Waals surface area contributed by atoms with Crippen LogP contribution < -0.4 is 10.1 Å². The van der Waals surface area contributed by atoms with Gasteiger partial charge in [0.1, 0.15) is 18.1 Å². The number of nitrogens with zero attached hydrogens (tertiary/aromatic N) is 3. The molecular formula is C22H17Cl3N4O3. The molecule has 0 aliphatic carbocycles. The Morgan fingerprint density at radius 1 is 1.06 bits per heavy atom. The van der Waals surface area contributed by atoms with Crippen LogP contribution in [0.1, 0.15) is 27.4 Å². The van der Waals surface area contributed by atoms with Crippen LogP contribution in [0.5, 0.6) is 5.75 Å². The Labute approximate surface area is 198 Å². The molecule has 0 atom stereocenters. The molecule has 32 heavy (non-hydrogen) atoms. The van der Waals surface area contributed by atoms with E-state index in [1.165, 1.54) is 0 Å². The van der Waals surface area contributed by atoms with Crippen LogP contribution in [0.15, 0.2) is 59.3 Å². The summed E-state index contributed by atoms with van der Waals surface area (Å²) in [5.74, 6) is 0.988. The summed E-state index contributed by atoms with van der Waals surface area (Å²) in [6.45, 7) is 2.18. The predicted molar refractivity (Wildman–Crippen MR) is 123 cm³/mol. The molecule has 0 fully saturated rings. The zero-order chi connectivity index (χ0) is 22.7. The van der Waals surface area contributed by atoms with Crippen molar-refractivity contribution in [2.24, 2.45) is 0 Å². The number of nitrogens with one attached hydrogen (secondary N) is 1. The van der Waals surface area contributed by atoms with Gasteiger partial charge in [-0.2, -0.15) is 5.10 Å². The third kappa shape index (κ3) is 5.07. The molecular weight excluding hydrogens is 475 g/mol. The van der Waals surface area contributed by atoms with Gasteiger partial charge in [0.2, 0.25) is 0 Å². The molecule has 1 N–H and O–H groups in total. The van der Waals surface area contributed by atoms with E-state index in [2.05, 4.69) is 15.6 Å². The lowest BCUT2D eigenvalue weighted by Gasteiger charge is -2.07. The van der Waals surface area contributed by atoms with Gasteiger partial charge in [0.05, 0.1) is 12.1 Å². The van der Waals surface area contributed by atoms with Crippen LogP contribution in [0.2, 0.25) is 15.1 Å². The highest BCUT2D eigenvalue weighted by Crippen LogP contribution is 2.25. The van der Waals surface area contributed by atoms with E-state index in [-0.39, 0.29) is 12.3 Å². The average Bonchev–Trinajstić information content (AvgIpc) is 3.36. The van der Waals surface area contributed by atoms with Crippen LogP contribution in [-0.4, -0.2) is 20.8 Å². The SMILES string of the molecule is Cc1onc(C(=O)Nc2ccn(Cc3c(Cl)cccc3Cl)n2)c1COc1ccc(Cl)cc1. The maximum Gasteiger partial charge on any atom is 0.279 e. The molecule has 0 saturated heterocycles. The minimum atomic E-state index is -0.461. The molecule has 0 aliphatic rings. The minimum Gasteiger partial charge on any atom is -0.489 e. The van der Waals surface area contributed by atoms with Crippen molar-refractivity contribution < 1.29 is 14.1 Å². The van der Waals surface area contributed by atoms with Gasteiger partial charge in [0, 0.05) is 32.9 Å². The van der Waals surface area contributed by atoms with Gasteiger partial charge in [0.15, 0.2) is 11.5 Å². The zero-order valence-corrected chi connectivity index (χ0v) is 19.1. The van der Waals surface area contributed by atoms with Crippen LogP contribution in [0.4, 0.5) is 5.82 Å². The Hall–Kier alpha value is -3.00. The van der Waals surface area contributed by atoms with Crippen molar-refractivity contribution in [3.05, 3.63) is 92.4 Å². The number of anilines is 1. The Balaban J connectivity index is 1.44. The number of aryl methyl sites for hydroxylation is 1. The van der Waals surface area contributed by atoms with Gasteiger partial charge >= 0.3 is 0 Å². The van der Waals surface area contributed by atoms with E-state index in [1.807, 2.05) is 0 Å². The molecule has 2 heterocycles. The Morgan fingerprint density at radius 2 is 1.78 bits per heavy atom. The molecule has 0 bridgehead atoms. The van der Waals surface area contributed by atoms with Gasteiger partial charge in [-0.3, -0.25) is 9.48 Å². The summed E-state index contributed by atoms with van der Waals surface area (Å²) < 4.78 is 12.6. The number of rotatable bonds is 7. The minimum absolute atomic E-state index is 0.110. The first-order valence-corrected chi connectivity index (χ1v) is 10.7. The van der Waals surface area contributed by atoms with E-state index in [0.717, 1.165) is 5.56 Å². The number of amides is 1. The molecule has 7 nitrogen and oxygen atoms in total. The van der Waals surface area contributed by atoms with Crippen LogP contribution in [0.25, 0.3) is 0 Å². The summed E-state index contributed by atoms with van der Waals surface area (Å²) in [5.41, 5.74) is 1.41. The quantitative estimate of drug-likeness (QED) is 0.342. The Bertz CT molecular complexity index is 1230. The lowest BCUT2D eigenvalue weighted by Crippen LogP contribution is -2.16. The molecule has 164 valence electrons. The first-order valence-electron chi connectivity index (χ1n) is 9.52. The fourth-order valence-corrected chi connectivity index (χ4v) is 3.61. The van der Waals surface area contributed by atoms with Gasteiger partial charge in [-0.25, -0.2) is 0 Å². The van der Waals surface area contributed by atoms with Crippen molar-refractivity contribution in [3.63, 3.8) is 0 Å². The van der Waals surface area contributed by atoms with Gasteiger partial charge in [0.25, 0.3) is 5.91 Å².